The summed E-state index contributed by atoms with van der Waals surface area (Å²) in [6.45, 7) is 4.92. The van der Waals surface area contributed by atoms with E-state index in [4.69, 9.17) is 0 Å². The number of nitrogens with zero attached hydrogens (tertiary/aromatic N) is 2. The number of carbonyl (C=O) groups is 1. The van der Waals surface area contributed by atoms with Crippen LogP contribution in [0.25, 0.3) is 0 Å². The topological polar surface area (TPSA) is 75.5 Å². The number of nitrogens with one attached hydrogen (secondary N) is 1. The van der Waals surface area contributed by atoms with Gasteiger partial charge in [-0.25, -0.2) is 0 Å². The first-order valence-corrected chi connectivity index (χ1v) is 6.30. The van der Waals surface area contributed by atoms with Crippen LogP contribution in [-0.4, -0.2) is 47.8 Å². The number of benzene rings is 1. The minimum Gasteiger partial charge on any atom is -0.314 e. The van der Waals surface area contributed by atoms with Crippen molar-refractivity contribution in [1.29, 1.82) is 0 Å². The third-order valence-corrected chi connectivity index (χ3v) is 3.36. The molecule has 0 amide bonds. The molecule has 1 heterocycles. The molecule has 1 saturated heterocycles. The SMILES string of the molecule is CC1CNCCN1CC(=O)c1cccc([N+](=O)[O-])c1. The van der Waals surface area contributed by atoms with E-state index in [1.54, 1.807) is 12.1 Å². The van der Waals surface area contributed by atoms with Crippen molar-refractivity contribution in [3.8, 4) is 0 Å². The van der Waals surface area contributed by atoms with Crippen molar-refractivity contribution >= 4 is 11.5 Å². The molecule has 19 heavy (non-hydrogen) atoms. The molecule has 0 spiro atoms. The van der Waals surface area contributed by atoms with Crippen molar-refractivity contribution in [3.05, 3.63) is 39.9 Å². The largest absolute Gasteiger partial charge is 0.314 e. The lowest BCUT2D eigenvalue weighted by molar-refractivity contribution is -0.384. The summed E-state index contributed by atoms with van der Waals surface area (Å²) in [4.78, 5) is 24.5. The van der Waals surface area contributed by atoms with E-state index in [9.17, 15) is 14.9 Å². The van der Waals surface area contributed by atoms with Crippen LogP contribution in [0, 0.1) is 10.1 Å². The molecule has 0 aromatic heterocycles. The minimum absolute atomic E-state index is 0.0424. The molecular weight excluding hydrogens is 246 g/mol. The molecule has 1 atom stereocenters. The molecule has 0 saturated carbocycles. The first-order chi connectivity index (χ1) is 9.08. The van der Waals surface area contributed by atoms with Crippen LogP contribution >= 0.6 is 0 Å². The number of piperazine rings is 1. The van der Waals surface area contributed by atoms with Crippen molar-refractivity contribution in [1.82, 2.24) is 10.2 Å². The molecule has 6 heteroatoms. The molecule has 1 aromatic carbocycles. The van der Waals surface area contributed by atoms with Crippen LogP contribution in [0.1, 0.15) is 17.3 Å². The predicted molar refractivity (Wildman–Crippen MR) is 71.3 cm³/mol. The average molecular weight is 263 g/mol. The van der Waals surface area contributed by atoms with Crippen molar-refractivity contribution in [2.75, 3.05) is 26.2 Å². The van der Waals surface area contributed by atoms with Crippen LogP contribution in [0.4, 0.5) is 5.69 Å². The van der Waals surface area contributed by atoms with Gasteiger partial charge in [-0.2, -0.15) is 0 Å². The summed E-state index contributed by atoms with van der Waals surface area (Å²) in [6, 6.07) is 6.21. The number of carbonyl (C=O) groups excluding carboxylic acids is 1. The van der Waals surface area contributed by atoms with E-state index in [-0.39, 0.29) is 11.5 Å². The zero-order valence-electron chi connectivity index (χ0n) is 10.8. The molecular formula is C13H17N3O3. The van der Waals surface area contributed by atoms with E-state index in [0.29, 0.717) is 18.2 Å². The summed E-state index contributed by atoms with van der Waals surface area (Å²) in [5.41, 5.74) is 0.360. The van der Waals surface area contributed by atoms with Crippen LogP contribution in [0.3, 0.4) is 0 Å². The van der Waals surface area contributed by atoms with Crippen molar-refractivity contribution < 1.29 is 9.72 Å². The van der Waals surface area contributed by atoms with Crippen LogP contribution in [0.5, 0.6) is 0 Å². The molecule has 0 radical (unpaired) electrons. The summed E-state index contributed by atoms with van der Waals surface area (Å²) in [5.74, 6) is -0.0718. The third-order valence-electron chi connectivity index (χ3n) is 3.36. The number of rotatable bonds is 4. The number of nitro benzene ring substituents is 1. The highest BCUT2D eigenvalue weighted by Crippen LogP contribution is 2.14. The Morgan fingerprint density at radius 2 is 2.37 bits per heavy atom. The molecule has 0 aliphatic carbocycles. The maximum atomic E-state index is 12.1. The lowest BCUT2D eigenvalue weighted by Crippen LogP contribution is -2.51. The molecule has 1 aliphatic heterocycles. The summed E-state index contributed by atoms with van der Waals surface area (Å²) in [7, 11) is 0. The lowest BCUT2D eigenvalue weighted by Gasteiger charge is -2.33. The zero-order chi connectivity index (χ0) is 13.8. The first kappa shape index (κ1) is 13.6. The van der Waals surface area contributed by atoms with Gasteiger partial charge in [-0.15, -0.1) is 0 Å². The van der Waals surface area contributed by atoms with Gasteiger partial charge < -0.3 is 5.32 Å². The summed E-state index contributed by atoms with van der Waals surface area (Å²) in [6.07, 6.45) is 0. The fraction of sp³-hybridized carbons (Fsp3) is 0.462. The standard InChI is InChI=1S/C13H17N3O3/c1-10-8-14-5-6-15(10)9-13(17)11-3-2-4-12(7-11)16(18)19/h2-4,7,10,14H,5-6,8-9H2,1H3. The number of hydrogen-bond acceptors (Lipinski definition) is 5. The number of Topliss-reactive ketones (excluding diaryl/α,β-unsaturated/α-hetero) is 1. The normalized spacial score (nSPS) is 20.2. The van der Waals surface area contributed by atoms with Crippen molar-refractivity contribution in [2.45, 2.75) is 13.0 Å². The number of hydrogen-bond donors (Lipinski definition) is 1. The molecule has 2 rings (SSSR count). The van der Waals surface area contributed by atoms with Crippen LogP contribution < -0.4 is 5.32 Å². The quantitative estimate of drug-likeness (QED) is 0.499. The number of ketones is 1. The Morgan fingerprint density at radius 3 is 3.05 bits per heavy atom. The third kappa shape index (κ3) is 3.36. The van der Waals surface area contributed by atoms with Crippen molar-refractivity contribution in [2.24, 2.45) is 0 Å². The number of nitro groups is 1. The summed E-state index contributed by atoms with van der Waals surface area (Å²) in [5, 5.41) is 14.0. The van der Waals surface area contributed by atoms with Gasteiger partial charge >= 0.3 is 0 Å². The average Bonchev–Trinajstić information content (AvgIpc) is 2.41. The van der Waals surface area contributed by atoms with Gasteiger partial charge in [0.25, 0.3) is 5.69 Å². The van der Waals surface area contributed by atoms with Gasteiger partial charge in [-0.3, -0.25) is 19.8 Å². The second-order valence-corrected chi connectivity index (χ2v) is 4.75. The molecule has 6 nitrogen and oxygen atoms in total. The summed E-state index contributed by atoms with van der Waals surface area (Å²) < 4.78 is 0. The Labute approximate surface area is 111 Å². The maximum absolute atomic E-state index is 12.1. The van der Waals surface area contributed by atoms with Gasteiger partial charge in [0.05, 0.1) is 11.5 Å². The number of non-ortho nitro benzene ring substituents is 1. The van der Waals surface area contributed by atoms with E-state index < -0.39 is 4.92 Å². The highest BCUT2D eigenvalue weighted by molar-refractivity contribution is 5.98. The van der Waals surface area contributed by atoms with E-state index in [1.165, 1.54) is 12.1 Å². The van der Waals surface area contributed by atoms with Crippen LogP contribution in [0.15, 0.2) is 24.3 Å². The smallest absolute Gasteiger partial charge is 0.270 e. The van der Waals surface area contributed by atoms with Gasteiger partial charge in [0.15, 0.2) is 5.78 Å². The van der Waals surface area contributed by atoms with Gasteiger partial charge in [-0.1, -0.05) is 12.1 Å². The zero-order valence-corrected chi connectivity index (χ0v) is 10.8. The molecule has 1 aromatic rings. The van der Waals surface area contributed by atoms with E-state index in [2.05, 4.69) is 17.1 Å². The summed E-state index contributed by atoms with van der Waals surface area (Å²) >= 11 is 0. The van der Waals surface area contributed by atoms with Crippen LogP contribution in [0.2, 0.25) is 0 Å². The lowest BCUT2D eigenvalue weighted by atomic mass is 10.1. The molecule has 1 N–H and O–H groups in total. The van der Waals surface area contributed by atoms with E-state index >= 15 is 0 Å². The fourth-order valence-electron chi connectivity index (χ4n) is 2.19. The molecule has 1 aliphatic rings. The van der Waals surface area contributed by atoms with Gasteiger partial charge in [0.2, 0.25) is 0 Å². The highest BCUT2D eigenvalue weighted by atomic mass is 16.6. The van der Waals surface area contributed by atoms with E-state index in [1.807, 2.05) is 0 Å². The van der Waals surface area contributed by atoms with Gasteiger partial charge in [-0.05, 0) is 6.92 Å². The Hall–Kier alpha value is -1.79. The van der Waals surface area contributed by atoms with Crippen molar-refractivity contribution in [3.63, 3.8) is 0 Å². The molecule has 0 bridgehead atoms. The van der Waals surface area contributed by atoms with Gasteiger partial charge in [0.1, 0.15) is 0 Å². The Kier molecular flexibility index (Phi) is 4.24. The second-order valence-electron chi connectivity index (χ2n) is 4.75. The Morgan fingerprint density at radius 1 is 1.58 bits per heavy atom. The predicted octanol–water partition coefficient (Wildman–Crippen LogP) is 1.07. The van der Waals surface area contributed by atoms with E-state index in [0.717, 1.165) is 19.6 Å². The highest BCUT2D eigenvalue weighted by Gasteiger charge is 2.21. The molecule has 102 valence electrons. The maximum Gasteiger partial charge on any atom is 0.270 e. The second kappa shape index (κ2) is 5.90. The monoisotopic (exact) mass is 263 g/mol. The Balaban J connectivity index is 2.07. The van der Waals surface area contributed by atoms with Gasteiger partial charge in [0, 0.05) is 43.4 Å². The Bertz CT molecular complexity index is 490. The minimum atomic E-state index is -0.482. The first-order valence-electron chi connectivity index (χ1n) is 6.30. The molecule has 1 fully saturated rings. The molecule has 1 unspecified atom stereocenters. The fourth-order valence-corrected chi connectivity index (χ4v) is 2.19. The van der Waals surface area contributed by atoms with Crippen LogP contribution in [-0.2, 0) is 0 Å².